The number of benzene rings is 2. The number of nitrogens with one attached hydrogen (secondary N) is 1. The van der Waals surface area contributed by atoms with Crippen molar-refractivity contribution in [3.05, 3.63) is 54.1 Å². The van der Waals surface area contributed by atoms with Gasteiger partial charge in [-0.05, 0) is 70.9 Å². The molecule has 0 saturated carbocycles. The summed E-state index contributed by atoms with van der Waals surface area (Å²) < 4.78 is 5.72. The first-order chi connectivity index (χ1) is 17.5. The molecule has 2 saturated heterocycles. The Morgan fingerprint density at radius 2 is 1.62 bits per heavy atom. The van der Waals surface area contributed by atoms with Gasteiger partial charge in [0.05, 0.1) is 18.1 Å². The largest absolute Gasteiger partial charge is 0.444 e. The Labute approximate surface area is 220 Å². The second-order valence-electron chi connectivity index (χ2n) is 11.9. The molecular formula is C30H40N4O3. The van der Waals surface area contributed by atoms with E-state index >= 15 is 0 Å². The molecule has 2 aromatic rings. The molecule has 0 spiro atoms. The highest BCUT2D eigenvalue weighted by atomic mass is 16.6. The summed E-state index contributed by atoms with van der Waals surface area (Å²) in [6.45, 7) is 13.3. The van der Waals surface area contributed by atoms with Gasteiger partial charge in [0.25, 0.3) is 0 Å². The molecule has 7 nitrogen and oxygen atoms in total. The average Bonchev–Trinajstić information content (AvgIpc) is 3.11. The van der Waals surface area contributed by atoms with E-state index in [9.17, 15) is 9.59 Å². The van der Waals surface area contributed by atoms with Crippen molar-refractivity contribution < 1.29 is 14.3 Å². The summed E-state index contributed by atoms with van der Waals surface area (Å²) in [6.07, 6.45) is 1.80. The van der Waals surface area contributed by atoms with Crippen LogP contribution in [0, 0.1) is 5.92 Å². The van der Waals surface area contributed by atoms with E-state index in [0.717, 1.165) is 48.6 Å². The molecule has 5 atom stereocenters. The molecule has 5 rings (SSSR count). The van der Waals surface area contributed by atoms with Gasteiger partial charge in [-0.2, -0.15) is 0 Å². The topological polar surface area (TPSA) is 65.1 Å². The van der Waals surface area contributed by atoms with Crippen molar-refractivity contribution in [1.29, 1.82) is 0 Å². The molecule has 3 heterocycles. The highest BCUT2D eigenvalue weighted by Crippen LogP contribution is 2.45. The van der Waals surface area contributed by atoms with Crippen LogP contribution in [-0.2, 0) is 9.53 Å². The summed E-state index contributed by atoms with van der Waals surface area (Å²) in [5.41, 5.74) is 3.84. The van der Waals surface area contributed by atoms with E-state index in [4.69, 9.17) is 4.74 Å². The Morgan fingerprint density at radius 3 is 2.22 bits per heavy atom. The van der Waals surface area contributed by atoms with Crippen LogP contribution >= 0.6 is 0 Å². The lowest BCUT2D eigenvalue weighted by Crippen LogP contribution is -2.56. The first kappa shape index (κ1) is 25.4. The summed E-state index contributed by atoms with van der Waals surface area (Å²) in [7, 11) is 0. The number of anilines is 3. The minimum atomic E-state index is -0.497. The first-order valence-electron chi connectivity index (χ1n) is 13.5. The molecule has 2 aromatic carbocycles. The van der Waals surface area contributed by atoms with Gasteiger partial charge in [-0.25, -0.2) is 4.79 Å². The molecule has 2 bridgehead atoms. The Hall–Kier alpha value is -3.22. The van der Waals surface area contributed by atoms with Gasteiger partial charge in [0.15, 0.2) is 0 Å². The van der Waals surface area contributed by atoms with Crippen LogP contribution < -0.4 is 15.1 Å². The SMILES string of the molecule is CC(=O)N1c2ccc(N3C[C@H]4CC[C@@H](C3)N4C(=O)OC(C)(C)C)cc2C(Nc2ccccc2)C(C)[C@@H]1C. The van der Waals surface area contributed by atoms with Gasteiger partial charge in [-0.1, -0.05) is 25.1 Å². The lowest BCUT2D eigenvalue weighted by molar-refractivity contribution is -0.117. The number of para-hydroxylation sites is 1. The maximum Gasteiger partial charge on any atom is 0.410 e. The third-order valence-electron chi connectivity index (χ3n) is 8.19. The monoisotopic (exact) mass is 504 g/mol. The Bertz CT molecular complexity index is 1150. The van der Waals surface area contributed by atoms with Crippen LogP contribution in [0.15, 0.2) is 48.5 Å². The zero-order valence-electron chi connectivity index (χ0n) is 22.9. The van der Waals surface area contributed by atoms with Crippen molar-refractivity contribution in [3.8, 4) is 0 Å². The number of fused-ring (bicyclic) bond motifs is 3. The second-order valence-corrected chi connectivity index (χ2v) is 11.9. The van der Waals surface area contributed by atoms with Crippen LogP contribution in [0.2, 0.25) is 0 Å². The van der Waals surface area contributed by atoms with Crippen LogP contribution in [0.3, 0.4) is 0 Å². The minimum absolute atomic E-state index is 0.0653. The Kier molecular flexibility index (Phi) is 6.59. The predicted molar refractivity (Wildman–Crippen MR) is 148 cm³/mol. The molecule has 7 heteroatoms. The molecule has 0 aromatic heterocycles. The van der Waals surface area contributed by atoms with Gasteiger partial charge < -0.3 is 19.9 Å². The van der Waals surface area contributed by atoms with Crippen LogP contribution in [0.25, 0.3) is 0 Å². The van der Waals surface area contributed by atoms with Gasteiger partial charge in [0.2, 0.25) is 5.91 Å². The minimum Gasteiger partial charge on any atom is -0.444 e. The third-order valence-corrected chi connectivity index (χ3v) is 8.19. The van der Waals surface area contributed by atoms with E-state index in [-0.39, 0.29) is 42.1 Å². The number of carbonyl (C=O) groups excluding carboxylic acids is 2. The van der Waals surface area contributed by atoms with Crippen LogP contribution in [0.1, 0.15) is 66.0 Å². The molecule has 0 aliphatic carbocycles. The van der Waals surface area contributed by atoms with Gasteiger partial charge in [-0.15, -0.1) is 0 Å². The highest BCUT2D eigenvalue weighted by molar-refractivity contribution is 5.94. The molecule has 2 amide bonds. The molecule has 3 aliphatic heterocycles. The van der Waals surface area contributed by atoms with Gasteiger partial charge >= 0.3 is 6.09 Å². The van der Waals surface area contributed by atoms with Gasteiger partial charge in [0.1, 0.15) is 5.60 Å². The number of ether oxygens (including phenoxy) is 1. The number of rotatable bonds is 3. The zero-order chi connectivity index (χ0) is 26.5. The van der Waals surface area contributed by atoms with Crippen molar-refractivity contribution in [2.45, 2.75) is 84.2 Å². The fraction of sp³-hybridized carbons (Fsp3) is 0.533. The van der Waals surface area contributed by atoms with Gasteiger partial charge in [0, 0.05) is 54.6 Å². The van der Waals surface area contributed by atoms with E-state index in [0.29, 0.717) is 0 Å². The number of amides is 2. The highest BCUT2D eigenvalue weighted by Gasteiger charge is 2.45. The smallest absolute Gasteiger partial charge is 0.410 e. The Morgan fingerprint density at radius 1 is 0.973 bits per heavy atom. The second kappa shape index (κ2) is 9.58. The molecule has 2 unspecified atom stereocenters. The maximum atomic E-state index is 12.9. The number of carbonyl (C=O) groups is 2. The third kappa shape index (κ3) is 4.88. The maximum absolute atomic E-state index is 12.9. The summed E-state index contributed by atoms with van der Waals surface area (Å²) in [4.78, 5) is 32.0. The van der Waals surface area contributed by atoms with Crippen molar-refractivity contribution in [3.63, 3.8) is 0 Å². The van der Waals surface area contributed by atoms with E-state index in [2.05, 4.69) is 54.4 Å². The molecule has 198 valence electrons. The fourth-order valence-corrected chi connectivity index (χ4v) is 6.33. The van der Waals surface area contributed by atoms with Crippen molar-refractivity contribution in [1.82, 2.24) is 4.90 Å². The molecule has 1 N–H and O–H groups in total. The number of piperazine rings is 1. The van der Waals surface area contributed by atoms with E-state index < -0.39 is 5.60 Å². The summed E-state index contributed by atoms with van der Waals surface area (Å²) in [6, 6.07) is 17.2. The van der Waals surface area contributed by atoms with Crippen LogP contribution in [0.5, 0.6) is 0 Å². The lowest BCUT2D eigenvalue weighted by Gasteiger charge is -2.45. The molecule has 0 radical (unpaired) electrons. The normalized spacial score (nSPS) is 27.1. The summed E-state index contributed by atoms with van der Waals surface area (Å²) >= 11 is 0. The summed E-state index contributed by atoms with van der Waals surface area (Å²) in [5.74, 6) is 0.280. The quantitative estimate of drug-likeness (QED) is 0.571. The first-order valence-corrected chi connectivity index (χ1v) is 13.5. The van der Waals surface area contributed by atoms with Crippen molar-refractivity contribution in [2.75, 3.05) is 28.2 Å². The molecule has 3 aliphatic rings. The van der Waals surface area contributed by atoms with Crippen molar-refractivity contribution >= 4 is 29.1 Å². The van der Waals surface area contributed by atoms with Gasteiger partial charge in [-0.3, -0.25) is 9.69 Å². The van der Waals surface area contributed by atoms with Crippen LogP contribution in [0.4, 0.5) is 21.9 Å². The number of hydrogen-bond donors (Lipinski definition) is 1. The standard InChI is InChI=1S/C30H40N4O3/c1-19-20(2)33(21(3)35)27-15-14-23(16-26(27)28(19)31-22-10-8-7-9-11-22)32-17-24-12-13-25(18-32)34(24)29(36)37-30(4,5)6/h7-11,14-16,19-20,24-25,28,31H,12-13,17-18H2,1-6H3/t19?,20-,24-,25+,28?/m0/s1. The van der Waals surface area contributed by atoms with Crippen molar-refractivity contribution in [2.24, 2.45) is 5.92 Å². The number of nitrogens with zero attached hydrogens (tertiary/aromatic N) is 3. The van der Waals surface area contributed by atoms with E-state index in [1.54, 1.807) is 6.92 Å². The van der Waals surface area contributed by atoms with E-state index in [1.807, 2.05) is 48.8 Å². The average molecular weight is 505 g/mol. The van der Waals surface area contributed by atoms with E-state index in [1.165, 1.54) is 0 Å². The summed E-state index contributed by atoms with van der Waals surface area (Å²) in [5, 5.41) is 3.75. The Balaban J connectivity index is 1.45. The molecule has 37 heavy (non-hydrogen) atoms. The van der Waals surface area contributed by atoms with Crippen LogP contribution in [-0.4, -0.2) is 53.7 Å². The molecular weight excluding hydrogens is 464 g/mol. The predicted octanol–water partition coefficient (Wildman–Crippen LogP) is 5.82. The lowest BCUT2D eigenvalue weighted by atomic mass is 9.82. The fourth-order valence-electron chi connectivity index (χ4n) is 6.33. The zero-order valence-corrected chi connectivity index (χ0v) is 22.9. The number of hydrogen-bond acceptors (Lipinski definition) is 5. The molecule has 2 fully saturated rings.